The van der Waals surface area contributed by atoms with Crippen LogP contribution in [0.15, 0.2) is 29.3 Å². The van der Waals surface area contributed by atoms with Gasteiger partial charge in [-0.05, 0) is 31.4 Å². The first-order valence-electron chi connectivity index (χ1n) is 9.84. The molecule has 0 aromatic heterocycles. The number of aliphatic imine (C=N–C) groups is 1. The van der Waals surface area contributed by atoms with E-state index in [-0.39, 0.29) is 6.04 Å². The molecule has 0 bridgehead atoms. The molecule has 152 valence electrons. The molecule has 2 rings (SSSR count). The molecule has 0 spiro atoms. The number of hydrogen-bond donors (Lipinski definition) is 2. The van der Waals surface area contributed by atoms with Crippen LogP contribution in [-0.4, -0.2) is 70.5 Å². The van der Waals surface area contributed by atoms with E-state index in [0.717, 1.165) is 82.0 Å². The monoisotopic (exact) mass is 396 g/mol. The van der Waals surface area contributed by atoms with Crippen molar-refractivity contribution >= 4 is 17.6 Å². The molecule has 1 aliphatic rings. The quantitative estimate of drug-likeness (QED) is 0.362. The SMILES string of the molecule is CCOCCCCNC(=NC)NCC(c1ccccc1Cl)N1CCOCC1. The highest BCUT2D eigenvalue weighted by Gasteiger charge is 2.24. The lowest BCUT2D eigenvalue weighted by atomic mass is 10.0. The van der Waals surface area contributed by atoms with Gasteiger partial charge in [-0.3, -0.25) is 9.89 Å². The molecule has 0 aliphatic carbocycles. The number of hydrogen-bond acceptors (Lipinski definition) is 4. The minimum atomic E-state index is 0.180. The molecule has 1 saturated heterocycles. The van der Waals surface area contributed by atoms with Crippen LogP contribution < -0.4 is 10.6 Å². The van der Waals surface area contributed by atoms with Crippen LogP contribution in [0.4, 0.5) is 0 Å². The maximum atomic E-state index is 6.49. The van der Waals surface area contributed by atoms with Crippen molar-refractivity contribution in [2.24, 2.45) is 4.99 Å². The second-order valence-corrected chi connectivity index (χ2v) is 6.88. The summed E-state index contributed by atoms with van der Waals surface area (Å²) in [6.07, 6.45) is 2.10. The summed E-state index contributed by atoms with van der Waals surface area (Å²) < 4.78 is 10.9. The first-order valence-corrected chi connectivity index (χ1v) is 10.2. The van der Waals surface area contributed by atoms with Crippen molar-refractivity contribution in [3.8, 4) is 0 Å². The predicted molar refractivity (Wildman–Crippen MR) is 112 cm³/mol. The standard InChI is InChI=1S/C20H33ClN4O2/c1-3-26-13-7-6-10-23-20(22-2)24-16-19(25-11-14-27-15-12-25)17-8-4-5-9-18(17)21/h4-5,8-9,19H,3,6-7,10-16H2,1-2H3,(H2,22,23,24). The Morgan fingerprint density at radius 3 is 2.74 bits per heavy atom. The zero-order chi connectivity index (χ0) is 19.3. The highest BCUT2D eigenvalue weighted by molar-refractivity contribution is 6.31. The lowest BCUT2D eigenvalue weighted by Crippen LogP contribution is -2.46. The van der Waals surface area contributed by atoms with Gasteiger partial charge in [0.25, 0.3) is 0 Å². The number of benzene rings is 1. The van der Waals surface area contributed by atoms with E-state index in [2.05, 4.69) is 26.6 Å². The summed E-state index contributed by atoms with van der Waals surface area (Å²) in [7, 11) is 1.80. The Kier molecular flexibility index (Phi) is 10.5. The molecule has 1 aromatic carbocycles. The fraction of sp³-hybridized carbons (Fsp3) is 0.650. The molecule has 0 radical (unpaired) electrons. The average molecular weight is 397 g/mol. The van der Waals surface area contributed by atoms with Gasteiger partial charge in [0, 0.05) is 51.5 Å². The van der Waals surface area contributed by atoms with Gasteiger partial charge in [0.15, 0.2) is 5.96 Å². The maximum absolute atomic E-state index is 6.49. The van der Waals surface area contributed by atoms with Gasteiger partial charge in [0.2, 0.25) is 0 Å². The van der Waals surface area contributed by atoms with Crippen molar-refractivity contribution in [1.82, 2.24) is 15.5 Å². The fourth-order valence-electron chi connectivity index (χ4n) is 3.16. The van der Waals surface area contributed by atoms with E-state index < -0.39 is 0 Å². The van der Waals surface area contributed by atoms with Crippen molar-refractivity contribution in [2.75, 3.05) is 59.7 Å². The van der Waals surface area contributed by atoms with Gasteiger partial charge in [-0.25, -0.2) is 0 Å². The third kappa shape index (κ3) is 7.66. The summed E-state index contributed by atoms with van der Waals surface area (Å²) in [5.41, 5.74) is 1.14. The molecule has 0 saturated carbocycles. The van der Waals surface area contributed by atoms with Gasteiger partial charge in [-0.2, -0.15) is 0 Å². The Labute approximate surface area is 168 Å². The highest BCUT2D eigenvalue weighted by atomic mass is 35.5. The van der Waals surface area contributed by atoms with Crippen LogP contribution >= 0.6 is 11.6 Å². The van der Waals surface area contributed by atoms with Gasteiger partial charge in [-0.1, -0.05) is 29.8 Å². The maximum Gasteiger partial charge on any atom is 0.191 e. The first kappa shape index (κ1) is 22.0. The van der Waals surface area contributed by atoms with Crippen LogP contribution in [0.3, 0.4) is 0 Å². The largest absolute Gasteiger partial charge is 0.382 e. The molecule has 1 unspecified atom stereocenters. The molecule has 1 aliphatic heterocycles. The Morgan fingerprint density at radius 2 is 2.04 bits per heavy atom. The molecule has 1 aromatic rings. The number of nitrogens with zero attached hydrogens (tertiary/aromatic N) is 2. The van der Waals surface area contributed by atoms with E-state index in [4.69, 9.17) is 21.1 Å². The lowest BCUT2D eigenvalue weighted by molar-refractivity contribution is 0.0170. The number of unbranched alkanes of at least 4 members (excludes halogenated alkanes) is 1. The highest BCUT2D eigenvalue weighted by Crippen LogP contribution is 2.27. The fourth-order valence-corrected chi connectivity index (χ4v) is 3.43. The average Bonchev–Trinajstić information content (AvgIpc) is 2.71. The van der Waals surface area contributed by atoms with Crippen LogP contribution in [0.5, 0.6) is 0 Å². The second kappa shape index (κ2) is 12.9. The van der Waals surface area contributed by atoms with E-state index in [1.807, 2.05) is 25.1 Å². The van der Waals surface area contributed by atoms with Gasteiger partial charge in [0.1, 0.15) is 0 Å². The number of ether oxygens (including phenoxy) is 2. The number of halogens is 1. The van der Waals surface area contributed by atoms with Crippen molar-refractivity contribution in [3.05, 3.63) is 34.9 Å². The minimum Gasteiger partial charge on any atom is -0.382 e. The van der Waals surface area contributed by atoms with E-state index in [9.17, 15) is 0 Å². The van der Waals surface area contributed by atoms with Crippen molar-refractivity contribution in [2.45, 2.75) is 25.8 Å². The third-order valence-corrected chi connectivity index (χ3v) is 4.99. The number of rotatable bonds is 10. The molecule has 1 atom stereocenters. The summed E-state index contributed by atoms with van der Waals surface area (Å²) in [5, 5.41) is 7.64. The summed E-state index contributed by atoms with van der Waals surface area (Å²) >= 11 is 6.49. The minimum absolute atomic E-state index is 0.180. The molecular weight excluding hydrogens is 364 g/mol. The Morgan fingerprint density at radius 1 is 1.26 bits per heavy atom. The second-order valence-electron chi connectivity index (χ2n) is 6.47. The van der Waals surface area contributed by atoms with Gasteiger partial charge in [0.05, 0.1) is 19.3 Å². The molecule has 2 N–H and O–H groups in total. The third-order valence-electron chi connectivity index (χ3n) is 4.65. The topological polar surface area (TPSA) is 58.1 Å². The van der Waals surface area contributed by atoms with E-state index in [1.165, 1.54) is 0 Å². The summed E-state index contributed by atoms with van der Waals surface area (Å²) in [6, 6.07) is 8.25. The van der Waals surface area contributed by atoms with E-state index in [0.29, 0.717) is 0 Å². The van der Waals surface area contributed by atoms with E-state index in [1.54, 1.807) is 7.05 Å². The normalized spacial score (nSPS) is 16.9. The summed E-state index contributed by atoms with van der Waals surface area (Å²) in [6.45, 7) is 8.55. The smallest absolute Gasteiger partial charge is 0.191 e. The molecule has 6 nitrogen and oxygen atoms in total. The first-order chi connectivity index (χ1) is 13.3. The van der Waals surface area contributed by atoms with Crippen molar-refractivity contribution < 1.29 is 9.47 Å². The number of nitrogens with one attached hydrogen (secondary N) is 2. The number of morpholine rings is 1. The summed E-state index contributed by atoms with van der Waals surface area (Å²) in [5.74, 6) is 0.816. The number of guanidine groups is 1. The summed E-state index contributed by atoms with van der Waals surface area (Å²) in [4.78, 5) is 6.77. The van der Waals surface area contributed by atoms with Gasteiger partial charge < -0.3 is 20.1 Å². The van der Waals surface area contributed by atoms with Crippen LogP contribution in [0.25, 0.3) is 0 Å². The zero-order valence-corrected chi connectivity index (χ0v) is 17.3. The van der Waals surface area contributed by atoms with Gasteiger partial charge in [-0.15, -0.1) is 0 Å². The Hall–Kier alpha value is -1.34. The molecule has 27 heavy (non-hydrogen) atoms. The van der Waals surface area contributed by atoms with E-state index >= 15 is 0 Å². The molecule has 0 amide bonds. The molecular formula is C20H33ClN4O2. The van der Waals surface area contributed by atoms with Gasteiger partial charge >= 0.3 is 0 Å². The van der Waals surface area contributed by atoms with Crippen molar-refractivity contribution in [3.63, 3.8) is 0 Å². The predicted octanol–water partition coefficient (Wildman–Crippen LogP) is 2.70. The van der Waals surface area contributed by atoms with Crippen molar-refractivity contribution in [1.29, 1.82) is 0 Å². The lowest BCUT2D eigenvalue weighted by Gasteiger charge is -2.35. The molecule has 7 heteroatoms. The van der Waals surface area contributed by atoms with Crippen LogP contribution in [-0.2, 0) is 9.47 Å². The van der Waals surface area contributed by atoms with Crippen LogP contribution in [0, 0.1) is 0 Å². The van der Waals surface area contributed by atoms with Crippen LogP contribution in [0.1, 0.15) is 31.4 Å². The Balaban J connectivity index is 1.89. The zero-order valence-electron chi connectivity index (χ0n) is 16.5. The van der Waals surface area contributed by atoms with Crippen LogP contribution in [0.2, 0.25) is 5.02 Å². The molecule has 1 fully saturated rings. The molecule has 1 heterocycles. The Bertz CT molecular complexity index is 565.